The molecule has 0 aliphatic carbocycles. The highest BCUT2D eigenvalue weighted by molar-refractivity contribution is 6.38. The van der Waals surface area contributed by atoms with Gasteiger partial charge in [0, 0.05) is 20.5 Å². The molecule has 50 heavy (non-hydrogen) atoms. The number of nitrogens with zero attached hydrogens (tertiary/aromatic N) is 2. The van der Waals surface area contributed by atoms with Gasteiger partial charge in [-0.25, -0.2) is 13.6 Å². The summed E-state index contributed by atoms with van der Waals surface area (Å²) >= 11 is 0. The number of ketones is 1. The fourth-order valence-corrected chi connectivity index (χ4v) is 5.16. The standard InChI is InChI=1S/C34H50F2N6O8/c1-10-14-21(25(44)28(46)37-18-23(43)39-24(29(47)41(8)9)20-15-12-11-13-16-20)38-27(45)22-17-34(35,36)19-42(22)30(48)26(32(2,3)4)40-31(49)50-33(5,6)7/h11-13,15-16,21-22,24,26H,10,14,17-19H2,1-9H3,(H,37,46)(H,38,45)(H,39,43)(H,40,49). The Labute approximate surface area is 291 Å². The van der Waals surface area contributed by atoms with E-state index < -0.39 is 102 Å². The van der Waals surface area contributed by atoms with Crippen molar-refractivity contribution in [2.75, 3.05) is 27.2 Å². The number of benzene rings is 1. The molecule has 1 heterocycles. The molecule has 1 aliphatic heterocycles. The highest BCUT2D eigenvalue weighted by Crippen LogP contribution is 2.34. The minimum atomic E-state index is -3.47. The van der Waals surface area contributed by atoms with Crippen LogP contribution in [-0.4, -0.2) is 108 Å². The van der Waals surface area contributed by atoms with Crippen molar-refractivity contribution < 1.29 is 47.1 Å². The number of likely N-dealkylation sites (N-methyl/N-ethyl adjacent to an activating group) is 1. The van der Waals surface area contributed by atoms with E-state index in [2.05, 4.69) is 21.3 Å². The first-order chi connectivity index (χ1) is 23.0. The molecule has 0 saturated carbocycles. The van der Waals surface area contributed by atoms with Crippen molar-refractivity contribution in [2.24, 2.45) is 5.41 Å². The first-order valence-corrected chi connectivity index (χ1v) is 16.3. The van der Waals surface area contributed by atoms with Crippen molar-refractivity contribution in [1.29, 1.82) is 0 Å². The predicted molar refractivity (Wildman–Crippen MR) is 179 cm³/mol. The molecular weight excluding hydrogens is 658 g/mol. The fraction of sp³-hybridized carbons (Fsp3) is 0.618. The average Bonchev–Trinajstić information content (AvgIpc) is 3.34. The minimum Gasteiger partial charge on any atom is -0.444 e. The summed E-state index contributed by atoms with van der Waals surface area (Å²) in [6, 6.07) is 2.77. The van der Waals surface area contributed by atoms with Crippen molar-refractivity contribution in [1.82, 2.24) is 31.1 Å². The van der Waals surface area contributed by atoms with Crippen LogP contribution in [0.5, 0.6) is 0 Å². The number of rotatable bonds is 13. The summed E-state index contributed by atoms with van der Waals surface area (Å²) in [5.41, 5.74) is -1.41. The summed E-state index contributed by atoms with van der Waals surface area (Å²) in [7, 11) is 3.03. The Bertz CT molecular complexity index is 1420. The Morgan fingerprint density at radius 3 is 2.08 bits per heavy atom. The maximum absolute atomic E-state index is 14.8. The van der Waals surface area contributed by atoms with Gasteiger partial charge < -0.3 is 35.8 Å². The number of ether oxygens (including phenoxy) is 1. The van der Waals surface area contributed by atoms with Gasteiger partial charge in [0.1, 0.15) is 23.7 Å². The second-order valence-electron chi connectivity index (χ2n) is 14.5. The fourth-order valence-electron chi connectivity index (χ4n) is 5.16. The minimum absolute atomic E-state index is 0.0561. The quantitative estimate of drug-likeness (QED) is 0.225. The van der Waals surface area contributed by atoms with Gasteiger partial charge in [0.2, 0.25) is 29.4 Å². The summed E-state index contributed by atoms with van der Waals surface area (Å²) in [6.07, 6.45) is -1.77. The molecule has 1 aromatic rings. The van der Waals surface area contributed by atoms with Crippen molar-refractivity contribution in [3.8, 4) is 0 Å². The molecule has 2 rings (SSSR count). The van der Waals surface area contributed by atoms with Crippen LogP contribution in [0.4, 0.5) is 13.6 Å². The number of alkyl carbamates (subject to hydrolysis) is 1. The smallest absolute Gasteiger partial charge is 0.408 e. The van der Waals surface area contributed by atoms with Gasteiger partial charge in [0.05, 0.1) is 19.1 Å². The number of hydrogen-bond acceptors (Lipinski definition) is 8. The van der Waals surface area contributed by atoms with Crippen LogP contribution in [0.3, 0.4) is 0 Å². The Morgan fingerprint density at radius 2 is 1.56 bits per heavy atom. The molecule has 1 aromatic carbocycles. The molecule has 278 valence electrons. The number of hydrogen-bond donors (Lipinski definition) is 4. The highest BCUT2D eigenvalue weighted by Gasteiger charge is 2.53. The number of carbonyl (C=O) groups is 7. The number of Topliss-reactive ketones (excluding diaryl/α,β-unsaturated/α-hetero) is 1. The molecule has 4 atom stereocenters. The number of amides is 6. The molecular formula is C34H50F2N6O8. The van der Waals surface area contributed by atoms with E-state index >= 15 is 0 Å². The molecule has 0 aromatic heterocycles. The molecule has 1 aliphatic rings. The van der Waals surface area contributed by atoms with E-state index in [9.17, 15) is 42.3 Å². The van der Waals surface area contributed by atoms with Gasteiger partial charge in [-0.05, 0) is 38.2 Å². The molecule has 1 fully saturated rings. The van der Waals surface area contributed by atoms with Crippen LogP contribution in [0.25, 0.3) is 0 Å². The molecule has 4 N–H and O–H groups in total. The topological polar surface area (TPSA) is 183 Å². The third-order valence-electron chi connectivity index (χ3n) is 7.60. The number of carbonyl (C=O) groups excluding carboxylic acids is 7. The Kier molecular flexibility index (Phi) is 14.0. The molecule has 16 heteroatoms. The van der Waals surface area contributed by atoms with Crippen LogP contribution in [0.2, 0.25) is 0 Å². The molecule has 0 spiro atoms. The summed E-state index contributed by atoms with van der Waals surface area (Å²) in [4.78, 5) is 93.1. The molecule has 6 amide bonds. The van der Waals surface area contributed by atoms with E-state index in [1.165, 1.54) is 19.0 Å². The molecule has 4 unspecified atom stereocenters. The number of halogens is 2. The number of likely N-dealkylation sites (tertiary alicyclic amines) is 1. The number of alkyl halides is 2. The Morgan fingerprint density at radius 1 is 0.960 bits per heavy atom. The van der Waals surface area contributed by atoms with Crippen molar-refractivity contribution in [3.05, 3.63) is 35.9 Å². The molecule has 1 saturated heterocycles. The zero-order valence-corrected chi connectivity index (χ0v) is 30.1. The summed E-state index contributed by atoms with van der Waals surface area (Å²) < 4.78 is 34.8. The van der Waals surface area contributed by atoms with Gasteiger partial charge in [-0.3, -0.25) is 28.8 Å². The van der Waals surface area contributed by atoms with Gasteiger partial charge in [-0.15, -0.1) is 0 Å². The lowest BCUT2D eigenvalue weighted by atomic mass is 9.85. The van der Waals surface area contributed by atoms with Gasteiger partial charge >= 0.3 is 6.09 Å². The third-order valence-corrected chi connectivity index (χ3v) is 7.60. The van der Waals surface area contributed by atoms with E-state index in [4.69, 9.17) is 4.74 Å². The second-order valence-corrected chi connectivity index (χ2v) is 14.5. The SMILES string of the molecule is CCCC(NC(=O)C1CC(F)(F)CN1C(=O)C(NC(=O)OC(C)(C)C)C(C)(C)C)C(=O)C(=O)NCC(=O)NC(C(=O)N(C)C)c1ccccc1. The zero-order chi connectivity index (χ0) is 38.2. The van der Waals surface area contributed by atoms with Crippen molar-refractivity contribution >= 4 is 41.4 Å². The van der Waals surface area contributed by atoms with Crippen LogP contribution in [0, 0.1) is 5.41 Å². The molecule has 0 bridgehead atoms. The Balaban J connectivity index is 2.18. The average molecular weight is 709 g/mol. The van der Waals surface area contributed by atoms with Crippen LogP contribution in [-0.2, 0) is 33.5 Å². The van der Waals surface area contributed by atoms with Crippen LogP contribution >= 0.6 is 0 Å². The normalized spacial score (nSPS) is 17.4. The number of nitrogens with one attached hydrogen (secondary N) is 4. The van der Waals surface area contributed by atoms with Crippen LogP contribution < -0.4 is 21.3 Å². The van der Waals surface area contributed by atoms with Gasteiger partial charge in [-0.1, -0.05) is 64.4 Å². The first kappa shape index (κ1) is 41.5. The monoisotopic (exact) mass is 708 g/mol. The summed E-state index contributed by atoms with van der Waals surface area (Å²) in [6.45, 7) is 9.51. The maximum Gasteiger partial charge on any atom is 0.408 e. The summed E-state index contributed by atoms with van der Waals surface area (Å²) in [5, 5.41) is 9.49. The largest absolute Gasteiger partial charge is 0.444 e. The summed E-state index contributed by atoms with van der Waals surface area (Å²) in [5.74, 6) is -9.09. The van der Waals surface area contributed by atoms with E-state index in [1.807, 2.05) is 0 Å². The second kappa shape index (κ2) is 16.9. The lowest BCUT2D eigenvalue weighted by Gasteiger charge is -2.35. The van der Waals surface area contributed by atoms with Crippen molar-refractivity contribution in [2.45, 2.75) is 103 Å². The third kappa shape index (κ3) is 12.1. The van der Waals surface area contributed by atoms with Crippen LogP contribution in [0.15, 0.2) is 30.3 Å². The van der Waals surface area contributed by atoms with E-state index in [-0.39, 0.29) is 6.42 Å². The highest BCUT2D eigenvalue weighted by atomic mass is 19.3. The van der Waals surface area contributed by atoms with Gasteiger partial charge in [0.25, 0.3) is 11.8 Å². The van der Waals surface area contributed by atoms with Crippen LogP contribution in [0.1, 0.15) is 79.3 Å². The molecule has 14 nitrogen and oxygen atoms in total. The first-order valence-electron chi connectivity index (χ1n) is 16.3. The van der Waals surface area contributed by atoms with Crippen molar-refractivity contribution in [3.63, 3.8) is 0 Å². The van der Waals surface area contributed by atoms with Gasteiger partial charge in [-0.2, -0.15) is 0 Å². The van der Waals surface area contributed by atoms with E-state index in [1.54, 1.807) is 78.8 Å². The lowest BCUT2D eigenvalue weighted by molar-refractivity contribution is -0.144. The van der Waals surface area contributed by atoms with Gasteiger partial charge in [0.15, 0.2) is 0 Å². The predicted octanol–water partition coefficient (Wildman–Crippen LogP) is 2.08. The zero-order valence-electron chi connectivity index (χ0n) is 30.1. The van der Waals surface area contributed by atoms with E-state index in [0.29, 0.717) is 16.9 Å². The molecule has 0 radical (unpaired) electrons. The maximum atomic E-state index is 14.8. The Hall–Kier alpha value is -4.63. The van der Waals surface area contributed by atoms with E-state index in [0.717, 1.165) is 0 Å². The lowest BCUT2D eigenvalue weighted by Crippen LogP contribution is -2.59.